The van der Waals surface area contributed by atoms with E-state index in [1.165, 1.54) is 12.8 Å². The van der Waals surface area contributed by atoms with Crippen molar-refractivity contribution in [2.75, 3.05) is 19.6 Å². The van der Waals surface area contributed by atoms with Gasteiger partial charge < -0.3 is 10.2 Å². The molecule has 18 heavy (non-hydrogen) atoms. The standard InChI is InChI=1S/C14H24N2O2/c1-10(2)14(18)16-7-5-12(6-8-16)13(17)15-9-11-3-4-11/h10-12H,3-9H2,1-2H3,(H,15,17). The number of likely N-dealkylation sites (tertiary alicyclic amines) is 1. The Morgan fingerprint density at radius 1 is 1.17 bits per heavy atom. The lowest BCUT2D eigenvalue weighted by molar-refractivity contribution is -0.138. The van der Waals surface area contributed by atoms with E-state index in [4.69, 9.17) is 0 Å². The number of hydrogen-bond acceptors (Lipinski definition) is 2. The first kappa shape index (κ1) is 13.4. The molecule has 1 N–H and O–H groups in total. The zero-order chi connectivity index (χ0) is 13.1. The van der Waals surface area contributed by atoms with Crippen LogP contribution in [0.15, 0.2) is 0 Å². The molecule has 4 heteroatoms. The van der Waals surface area contributed by atoms with E-state index in [0.717, 1.165) is 38.4 Å². The molecule has 0 spiro atoms. The maximum atomic E-state index is 11.9. The fraction of sp³-hybridized carbons (Fsp3) is 0.857. The first-order valence-electron chi connectivity index (χ1n) is 7.14. The van der Waals surface area contributed by atoms with E-state index < -0.39 is 0 Å². The van der Waals surface area contributed by atoms with Crippen LogP contribution in [-0.2, 0) is 9.59 Å². The van der Waals surface area contributed by atoms with Gasteiger partial charge in [-0.2, -0.15) is 0 Å². The van der Waals surface area contributed by atoms with Crippen LogP contribution in [0.25, 0.3) is 0 Å². The van der Waals surface area contributed by atoms with E-state index in [-0.39, 0.29) is 23.7 Å². The lowest BCUT2D eigenvalue weighted by Crippen LogP contribution is -2.44. The number of nitrogens with zero attached hydrogens (tertiary/aromatic N) is 1. The number of nitrogens with one attached hydrogen (secondary N) is 1. The molecule has 0 unspecified atom stereocenters. The summed E-state index contributed by atoms with van der Waals surface area (Å²) in [6.45, 7) is 6.18. The maximum Gasteiger partial charge on any atom is 0.225 e. The number of carbonyl (C=O) groups excluding carboxylic acids is 2. The van der Waals surface area contributed by atoms with Gasteiger partial charge >= 0.3 is 0 Å². The number of carbonyl (C=O) groups is 2. The highest BCUT2D eigenvalue weighted by Crippen LogP contribution is 2.28. The summed E-state index contributed by atoms with van der Waals surface area (Å²) < 4.78 is 0. The quantitative estimate of drug-likeness (QED) is 0.822. The van der Waals surface area contributed by atoms with Crippen LogP contribution >= 0.6 is 0 Å². The molecule has 1 saturated heterocycles. The van der Waals surface area contributed by atoms with Gasteiger partial charge in [0, 0.05) is 31.5 Å². The van der Waals surface area contributed by atoms with Crippen LogP contribution in [0.3, 0.4) is 0 Å². The van der Waals surface area contributed by atoms with Crippen molar-refractivity contribution in [1.82, 2.24) is 10.2 Å². The Morgan fingerprint density at radius 3 is 2.28 bits per heavy atom. The Bertz CT molecular complexity index is 316. The topological polar surface area (TPSA) is 49.4 Å². The van der Waals surface area contributed by atoms with Crippen LogP contribution < -0.4 is 5.32 Å². The van der Waals surface area contributed by atoms with E-state index in [9.17, 15) is 9.59 Å². The highest BCUT2D eigenvalue weighted by molar-refractivity contribution is 5.80. The first-order valence-corrected chi connectivity index (χ1v) is 7.14. The molecule has 0 aromatic rings. The van der Waals surface area contributed by atoms with Gasteiger partial charge in [0.25, 0.3) is 0 Å². The Kier molecular flexibility index (Phi) is 4.25. The summed E-state index contributed by atoms with van der Waals surface area (Å²) >= 11 is 0. The van der Waals surface area contributed by atoms with Gasteiger partial charge in [-0.25, -0.2) is 0 Å². The van der Waals surface area contributed by atoms with Crippen LogP contribution in [0.2, 0.25) is 0 Å². The molecule has 0 atom stereocenters. The van der Waals surface area contributed by atoms with Gasteiger partial charge in [-0.3, -0.25) is 9.59 Å². The van der Waals surface area contributed by atoms with Crippen molar-refractivity contribution < 1.29 is 9.59 Å². The van der Waals surface area contributed by atoms with Crippen LogP contribution in [0.1, 0.15) is 39.5 Å². The third-order valence-electron chi connectivity index (χ3n) is 3.93. The van der Waals surface area contributed by atoms with Crippen LogP contribution in [0.4, 0.5) is 0 Å². The summed E-state index contributed by atoms with van der Waals surface area (Å²) in [5, 5.41) is 3.04. The first-order chi connectivity index (χ1) is 8.58. The molecular weight excluding hydrogens is 228 g/mol. The SMILES string of the molecule is CC(C)C(=O)N1CCC(C(=O)NCC2CC2)CC1. The number of rotatable bonds is 4. The van der Waals surface area contributed by atoms with Crippen molar-refractivity contribution in [2.45, 2.75) is 39.5 Å². The van der Waals surface area contributed by atoms with Crippen molar-refractivity contribution in [2.24, 2.45) is 17.8 Å². The molecule has 102 valence electrons. The molecule has 0 aromatic carbocycles. The zero-order valence-electron chi connectivity index (χ0n) is 11.4. The van der Waals surface area contributed by atoms with E-state index in [1.807, 2.05) is 18.7 Å². The maximum absolute atomic E-state index is 11.9. The lowest BCUT2D eigenvalue weighted by atomic mass is 9.95. The lowest BCUT2D eigenvalue weighted by Gasteiger charge is -2.32. The Balaban J connectivity index is 1.71. The monoisotopic (exact) mass is 252 g/mol. The number of piperidine rings is 1. The second kappa shape index (κ2) is 5.72. The zero-order valence-corrected chi connectivity index (χ0v) is 11.4. The summed E-state index contributed by atoms with van der Waals surface area (Å²) in [7, 11) is 0. The van der Waals surface area contributed by atoms with Crippen molar-refractivity contribution in [3.8, 4) is 0 Å². The molecule has 1 aliphatic carbocycles. The highest BCUT2D eigenvalue weighted by atomic mass is 16.2. The van der Waals surface area contributed by atoms with Crippen LogP contribution in [-0.4, -0.2) is 36.3 Å². The summed E-state index contributed by atoms with van der Waals surface area (Å²) in [4.78, 5) is 25.6. The minimum Gasteiger partial charge on any atom is -0.356 e. The molecule has 2 fully saturated rings. The summed E-state index contributed by atoms with van der Waals surface area (Å²) in [5.74, 6) is 1.31. The molecule has 0 aromatic heterocycles. The van der Waals surface area contributed by atoms with Gasteiger partial charge in [0.2, 0.25) is 11.8 Å². The second-order valence-corrected chi connectivity index (χ2v) is 5.94. The normalized spacial score (nSPS) is 21.2. The molecule has 2 aliphatic rings. The molecule has 1 saturated carbocycles. The molecule has 4 nitrogen and oxygen atoms in total. The molecule has 2 amide bonds. The second-order valence-electron chi connectivity index (χ2n) is 5.94. The predicted molar refractivity (Wildman–Crippen MR) is 69.9 cm³/mol. The summed E-state index contributed by atoms with van der Waals surface area (Å²) in [5.41, 5.74) is 0. The Morgan fingerprint density at radius 2 is 1.78 bits per heavy atom. The third kappa shape index (κ3) is 3.47. The number of hydrogen-bond donors (Lipinski definition) is 1. The fourth-order valence-electron chi connectivity index (χ4n) is 2.44. The van der Waals surface area contributed by atoms with Gasteiger partial charge in [-0.15, -0.1) is 0 Å². The van der Waals surface area contributed by atoms with Gasteiger partial charge in [-0.1, -0.05) is 13.8 Å². The molecular formula is C14H24N2O2. The van der Waals surface area contributed by atoms with E-state index >= 15 is 0 Å². The van der Waals surface area contributed by atoms with E-state index in [0.29, 0.717) is 0 Å². The van der Waals surface area contributed by atoms with Crippen LogP contribution in [0.5, 0.6) is 0 Å². The van der Waals surface area contributed by atoms with E-state index in [1.54, 1.807) is 0 Å². The Labute approximate surface area is 109 Å². The molecule has 0 radical (unpaired) electrons. The van der Waals surface area contributed by atoms with Gasteiger partial charge in [0.1, 0.15) is 0 Å². The van der Waals surface area contributed by atoms with Crippen LogP contribution in [0, 0.1) is 17.8 Å². The average molecular weight is 252 g/mol. The third-order valence-corrected chi connectivity index (χ3v) is 3.93. The average Bonchev–Trinajstić information content (AvgIpc) is 3.19. The largest absolute Gasteiger partial charge is 0.356 e. The smallest absolute Gasteiger partial charge is 0.225 e. The molecule has 1 aliphatic heterocycles. The Hall–Kier alpha value is -1.06. The van der Waals surface area contributed by atoms with Gasteiger partial charge in [0.05, 0.1) is 0 Å². The summed E-state index contributed by atoms with van der Waals surface area (Å²) in [6.07, 6.45) is 4.16. The van der Waals surface area contributed by atoms with Crippen molar-refractivity contribution in [1.29, 1.82) is 0 Å². The van der Waals surface area contributed by atoms with Gasteiger partial charge in [-0.05, 0) is 31.6 Å². The number of amides is 2. The summed E-state index contributed by atoms with van der Waals surface area (Å²) in [6, 6.07) is 0. The van der Waals surface area contributed by atoms with Crippen molar-refractivity contribution in [3.05, 3.63) is 0 Å². The highest BCUT2D eigenvalue weighted by Gasteiger charge is 2.29. The molecule has 2 rings (SSSR count). The van der Waals surface area contributed by atoms with Crippen molar-refractivity contribution >= 4 is 11.8 Å². The predicted octanol–water partition coefficient (Wildman–Crippen LogP) is 1.41. The fourth-order valence-corrected chi connectivity index (χ4v) is 2.44. The molecule has 1 heterocycles. The minimum absolute atomic E-state index is 0.0604. The minimum atomic E-state index is 0.0604. The molecule has 0 bridgehead atoms. The van der Waals surface area contributed by atoms with Crippen molar-refractivity contribution in [3.63, 3.8) is 0 Å². The van der Waals surface area contributed by atoms with E-state index in [2.05, 4.69) is 5.32 Å². The van der Waals surface area contributed by atoms with Gasteiger partial charge in [0.15, 0.2) is 0 Å².